The molecule has 1 atom stereocenters. The first-order valence-corrected chi connectivity index (χ1v) is 10.6. The summed E-state index contributed by atoms with van der Waals surface area (Å²) in [6.45, 7) is 16.3. The van der Waals surface area contributed by atoms with E-state index in [4.69, 9.17) is 10.5 Å². The van der Waals surface area contributed by atoms with E-state index < -0.39 is 11.7 Å². The van der Waals surface area contributed by atoms with E-state index in [0.29, 0.717) is 13.0 Å². The Hall–Kier alpha value is -1.93. The topological polar surface area (TPSA) is 64.3 Å². The Morgan fingerprint density at radius 2 is 1.90 bits per heavy atom. The normalized spacial score (nSPS) is 11.9. The van der Waals surface area contributed by atoms with Crippen LogP contribution >= 0.6 is 11.8 Å². The Morgan fingerprint density at radius 1 is 1.33 bits per heavy atom. The number of ether oxygens (including phenoxy) is 1. The number of halogens is 3. The van der Waals surface area contributed by atoms with Crippen molar-refractivity contribution in [2.75, 3.05) is 11.9 Å². The molecule has 0 heterocycles. The van der Waals surface area contributed by atoms with Crippen LogP contribution in [0.3, 0.4) is 0 Å². The van der Waals surface area contributed by atoms with Crippen molar-refractivity contribution in [3.05, 3.63) is 46.2 Å². The average Bonchev–Trinajstić information content (AvgIpc) is 2.67. The second-order valence-electron chi connectivity index (χ2n) is 6.28. The van der Waals surface area contributed by atoms with Gasteiger partial charge in [-0.05, 0) is 55.2 Å². The highest BCUT2D eigenvalue weighted by atomic mass is 32.2. The van der Waals surface area contributed by atoms with Gasteiger partial charge in [0.15, 0.2) is 0 Å². The lowest BCUT2D eigenvalue weighted by molar-refractivity contribution is -0.137. The van der Waals surface area contributed by atoms with Crippen LogP contribution in [0.4, 0.5) is 18.9 Å². The number of hydrogen-bond donors (Lipinski definition) is 2. The van der Waals surface area contributed by atoms with Crippen LogP contribution in [0.5, 0.6) is 5.75 Å². The summed E-state index contributed by atoms with van der Waals surface area (Å²) in [5, 5.41) is 2.19. The zero-order valence-electron chi connectivity index (χ0n) is 18.7. The highest BCUT2D eigenvalue weighted by molar-refractivity contribution is 8.06. The van der Waals surface area contributed by atoms with Crippen molar-refractivity contribution in [2.45, 2.75) is 66.6 Å². The Kier molecular flexibility index (Phi) is 17.0. The molecule has 3 N–H and O–H groups in total. The van der Waals surface area contributed by atoms with Crippen molar-refractivity contribution >= 4 is 23.9 Å². The Labute approximate surface area is 183 Å². The molecule has 0 radical (unpaired) electrons. The molecule has 1 amide bonds. The predicted octanol–water partition coefficient (Wildman–Crippen LogP) is 6.98. The lowest BCUT2D eigenvalue weighted by Crippen LogP contribution is -2.14. The van der Waals surface area contributed by atoms with Gasteiger partial charge in [-0.2, -0.15) is 13.2 Å². The molecule has 8 heteroatoms. The van der Waals surface area contributed by atoms with Crippen LogP contribution in [-0.2, 0) is 11.0 Å². The average molecular weight is 449 g/mol. The van der Waals surface area contributed by atoms with Crippen LogP contribution in [0.15, 0.2) is 40.7 Å². The first-order chi connectivity index (χ1) is 14.0. The van der Waals surface area contributed by atoms with Crippen LogP contribution in [-0.4, -0.2) is 19.1 Å². The standard InChI is InChI=1S/C11H12F3NO2.C8H15NS.C3H8/c1-2-5-17-10-4-3-8(11(12,13)14)6-9(10)15-7-16;1-5-6(2)10-8(4)7(3)9;1-3-2/h3-4,6-7H,2,5H2,1H3,(H,15,16);5,7H,4,9H2,1-3H3;3H2,1-2H3/b;6-5-;. The molecule has 0 saturated carbocycles. The molecular weight excluding hydrogens is 413 g/mol. The van der Waals surface area contributed by atoms with Gasteiger partial charge in [0.2, 0.25) is 6.41 Å². The maximum Gasteiger partial charge on any atom is 0.416 e. The number of thioether (sulfide) groups is 1. The molecule has 0 aromatic heterocycles. The molecule has 0 aliphatic carbocycles. The van der Waals surface area contributed by atoms with Crippen molar-refractivity contribution in [2.24, 2.45) is 5.73 Å². The quantitative estimate of drug-likeness (QED) is 0.421. The summed E-state index contributed by atoms with van der Waals surface area (Å²) >= 11 is 1.65. The molecule has 1 aromatic rings. The number of carbonyl (C=O) groups is 1. The fourth-order valence-electron chi connectivity index (χ4n) is 1.58. The molecule has 1 rings (SSSR count). The second kappa shape index (κ2) is 16.8. The minimum atomic E-state index is -4.44. The summed E-state index contributed by atoms with van der Waals surface area (Å²) in [7, 11) is 0. The number of benzene rings is 1. The van der Waals surface area contributed by atoms with Crippen LogP contribution in [0, 0.1) is 0 Å². The fourth-order valence-corrected chi connectivity index (χ4v) is 2.30. The summed E-state index contributed by atoms with van der Waals surface area (Å²) in [5.41, 5.74) is 4.78. The van der Waals surface area contributed by atoms with E-state index in [1.54, 1.807) is 11.8 Å². The van der Waals surface area contributed by atoms with Gasteiger partial charge in [0.1, 0.15) is 5.75 Å². The van der Waals surface area contributed by atoms with Crippen molar-refractivity contribution in [1.82, 2.24) is 0 Å². The smallest absolute Gasteiger partial charge is 0.416 e. The van der Waals surface area contributed by atoms with Gasteiger partial charge in [-0.15, -0.1) is 0 Å². The number of allylic oxidation sites excluding steroid dienone is 2. The zero-order valence-corrected chi connectivity index (χ0v) is 19.5. The lowest BCUT2D eigenvalue weighted by Gasteiger charge is -2.13. The number of rotatable bonds is 8. The third-order valence-corrected chi connectivity index (χ3v) is 4.38. The van der Waals surface area contributed by atoms with E-state index >= 15 is 0 Å². The third-order valence-electron chi connectivity index (χ3n) is 3.19. The monoisotopic (exact) mass is 448 g/mol. The minimum Gasteiger partial charge on any atom is -0.491 e. The molecule has 30 heavy (non-hydrogen) atoms. The van der Waals surface area contributed by atoms with E-state index in [1.807, 2.05) is 20.8 Å². The van der Waals surface area contributed by atoms with Gasteiger partial charge in [-0.1, -0.05) is 51.6 Å². The Morgan fingerprint density at radius 3 is 2.30 bits per heavy atom. The SMILES string of the molecule is C=C(S/C(C)=C\C)C(C)N.CCC.CCCOc1ccc(C(F)(F)F)cc1NC=O. The van der Waals surface area contributed by atoms with Crippen molar-refractivity contribution in [3.63, 3.8) is 0 Å². The van der Waals surface area contributed by atoms with Gasteiger partial charge in [0.25, 0.3) is 0 Å². The minimum absolute atomic E-state index is 0.0169. The Balaban J connectivity index is 0. The summed E-state index contributed by atoms with van der Waals surface area (Å²) in [6.07, 6.45) is -0.101. The molecule has 4 nitrogen and oxygen atoms in total. The number of hydrogen-bond acceptors (Lipinski definition) is 4. The highest BCUT2D eigenvalue weighted by Crippen LogP contribution is 2.34. The zero-order chi connectivity index (χ0) is 23.7. The Bertz CT molecular complexity index is 660. The summed E-state index contributed by atoms with van der Waals surface area (Å²) in [6, 6.07) is 3.05. The first-order valence-electron chi connectivity index (χ1n) is 9.77. The third kappa shape index (κ3) is 14.1. The largest absolute Gasteiger partial charge is 0.491 e. The highest BCUT2D eigenvalue weighted by Gasteiger charge is 2.31. The second-order valence-corrected chi connectivity index (χ2v) is 7.66. The lowest BCUT2D eigenvalue weighted by atomic mass is 10.2. The van der Waals surface area contributed by atoms with Gasteiger partial charge in [-0.3, -0.25) is 4.79 Å². The van der Waals surface area contributed by atoms with E-state index in [1.165, 1.54) is 17.4 Å². The molecule has 0 fully saturated rings. The van der Waals surface area contributed by atoms with Crippen LogP contribution in [0.2, 0.25) is 0 Å². The number of nitrogens with two attached hydrogens (primary N) is 1. The molecule has 1 unspecified atom stereocenters. The molecule has 0 bridgehead atoms. The van der Waals surface area contributed by atoms with Crippen LogP contribution < -0.4 is 15.8 Å². The molecular formula is C22H35F3N2O2S. The summed E-state index contributed by atoms with van der Waals surface area (Å²) in [5.74, 6) is 0.229. The van der Waals surface area contributed by atoms with Crippen molar-refractivity contribution in [3.8, 4) is 5.75 Å². The maximum absolute atomic E-state index is 12.4. The van der Waals surface area contributed by atoms with E-state index in [0.717, 1.165) is 23.5 Å². The molecule has 1 aromatic carbocycles. The summed E-state index contributed by atoms with van der Waals surface area (Å²) < 4.78 is 42.5. The van der Waals surface area contributed by atoms with Gasteiger partial charge in [0, 0.05) is 6.04 Å². The molecule has 0 saturated heterocycles. The van der Waals surface area contributed by atoms with Crippen molar-refractivity contribution < 1.29 is 22.7 Å². The van der Waals surface area contributed by atoms with E-state index in [9.17, 15) is 18.0 Å². The molecule has 172 valence electrons. The molecule has 0 aliphatic heterocycles. The van der Waals surface area contributed by atoms with Gasteiger partial charge < -0.3 is 15.8 Å². The molecule has 0 aliphatic rings. The van der Waals surface area contributed by atoms with Gasteiger partial charge in [-0.25, -0.2) is 0 Å². The number of amides is 1. The number of anilines is 1. The van der Waals surface area contributed by atoms with E-state index in [2.05, 4.69) is 38.7 Å². The van der Waals surface area contributed by atoms with Crippen molar-refractivity contribution in [1.29, 1.82) is 0 Å². The van der Waals surface area contributed by atoms with E-state index in [-0.39, 0.29) is 17.5 Å². The van der Waals surface area contributed by atoms with Gasteiger partial charge >= 0.3 is 6.18 Å². The molecule has 0 spiro atoms. The number of alkyl halides is 3. The maximum atomic E-state index is 12.4. The number of carbonyl (C=O) groups excluding carboxylic acids is 1. The number of nitrogens with one attached hydrogen (secondary N) is 1. The predicted molar refractivity (Wildman–Crippen MR) is 123 cm³/mol. The fraction of sp³-hybridized carbons (Fsp3) is 0.500. The van der Waals surface area contributed by atoms with Crippen LogP contribution in [0.1, 0.15) is 59.9 Å². The summed E-state index contributed by atoms with van der Waals surface area (Å²) in [4.78, 5) is 12.6. The van der Waals surface area contributed by atoms with Gasteiger partial charge in [0.05, 0.1) is 17.9 Å². The first kappa shape index (κ1) is 30.3. The van der Waals surface area contributed by atoms with Crippen LogP contribution in [0.25, 0.3) is 0 Å².